The van der Waals surface area contributed by atoms with E-state index in [0.29, 0.717) is 40.0 Å². The molecule has 33 heavy (non-hydrogen) atoms. The molecule has 1 N–H and O–H groups in total. The Kier molecular flexibility index (Phi) is 7.96. The van der Waals surface area contributed by atoms with Gasteiger partial charge in [0.2, 0.25) is 0 Å². The number of esters is 3. The number of fused-ring (bicyclic) bond motifs is 1. The smallest absolute Gasteiger partial charge is 0.341 e. The SMILES string of the molecule is CCCOC(=O)c1ccc(Nc2c(C(=O)OCC)cnc3ccc(C(=O)OCC)cc23)cc1. The Hall–Kier alpha value is -3.94. The molecule has 8 nitrogen and oxygen atoms in total. The number of rotatable bonds is 9. The van der Waals surface area contributed by atoms with Gasteiger partial charge in [-0.15, -0.1) is 0 Å². The zero-order valence-electron chi connectivity index (χ0n) is 18.8. The lowest BCUT2D eigenvalue weighted by Gasteiger charge is -2.15. The number of nitrogens with one attached hydrogen (secondary N) is 1. The Morgan fingerprint density at radius 1 is 0.818 bits per heavy atom. The molecule has 172 valence electrons. The molecule has 1 heterocycles. The third-order valence-electron chi connectivity index (χ3n) is 4.70. The molecule has 0 fully saturated rings. The van der Waals surface area contributed by atoms with Crippen molar-refractivity contribution in [2.75, 3.05) is 25.1 Å². The van der Waals surface area contributed by atoms with Gasteiger partial charge in [-0.25, -0.2) is 14.4 Å². The second-order valence-corrected chi connectivity index (χ2v) is 7.06. The molecular weight excluding hydrogens is 424 g/mol. The van der Waals surface area contributed by atoms with E-state index in [1.165, 1.54) is 6.20 Å². The topological polar surface area (TPSA) is 104 Å². The van der Waals surface area contributed by atoms with E-state index in [1.807, 2.05) is 6.92 Å². The van der Waals surface area contributed by atoms with Gasteiger partial charge in [0.15, 0.2) is 0 Å². The summed E-state index contributed by atoms with van der Waals surface area (Å²) < 4.78 is 15.4. The van der Waals surface area contributed by atoms with Gasteiger partial charge in [0, 0.05) is 17.3 Å². The maximum Gasteiger partial charge on any atom is 0.341 e. The molecule has 0 spiro atoms. The summed E-state index contributed by atoms with van der Waals surface area (Å²) in [4.78, 5) is 41.3. The highest BCUT2D eigenvalue weighted by Crippen LogP contribution is 2.31. The van der Waals surface area contributed by atoms with E-state index < -0.39 is 17.9 Å². The second kappa shape index (κ2) is 11.1. The largest absolute Gasteiger partial charge is 0.462 e. The standard InChI is InChI=1S/C25H26N2O6/c1-4-13-33-23(28)16-7-10-18(11-8-16)27-22-19-14-17(24(29)31-5-2)9-12-21(19)26-15-20(22)25(30)32-6-3/h7-12,14-15H,4-6,13H2,1-3H3,(H,26,27). The molecule has 0 aliphatic carbocycles. The molecule has 3 aromatic rings. The average Bonchev–Trinajstić information content (AvgIpc) is 2.83. The molecule has 0 amide bonds. The van der Waals surface area contributed by atoms with Gasteiger partial charge in [0.05, 0.1) is 42.2 Å². The maximum atomic E-state index is 12.6. The van der Waals surface area contributed by atoms with Crippen LogP contribution in [0.3, 0.4) is 0 Å². The first-order valence-electron chi connectivity index (χ1n) is 10.8. The summed E-state index contributed by atoms with van der Waals surface area (Å²) in [6, 6.07) is 11.6. The van der Waals surface area contributed by atoms with Crippen molar-refractivity contribution in [3.8, 4) is 0 Å². The molecule has 0 unspecified atom stereocenters. The second-order valence-electron chi connectivity index (χ2n) is 7.06. The van der Waals surface area contributed by atoms with Crippen LogP contribution in [0.2, 0.25) is 0 Å². The van der Waals surface area contributed by atoms with Gasteiger partial charge in [-0.1, -0.05) is 6.92 Å². The van der Waals surface area contributed by atoms with E-state index >= 15 is 0 Å². The summed E-state index contributed by atoms with van der Waals surface area (Å²) in [7, 11) is 0. The number of pyridine rings is 1. The first-order valence-corrected chi connectivity index (χ1v) is 10.8. The molecule has 2 aromatic carbocycles. The number of carbonyl (C=O) groups is 3. The van der Waals surface area contributed by atoms with Gasteiger partial charge < -0.3 is 19.5 Å². The van der Waals surface area contributed by atoms with Crippen LogP contribution in [0.5, 0.6) is 0 Å². The fourth-order valence-electron chi connectivity index (χ4n) is 3.14. The molecule has 0 saturated heterocycles. The van der Waals surface area contributed by atoms with Crippen LogP contribution in [0, 0.1) is 0 Å². The Labute approximate surface area is 191 Å². The first kappa shape index (κ1) is 23.7. The van der Waals surface area contributed by atoms with Crippen molar-refractivity contribution in [3.05, 3.63) is 65.4 Å². The molecule has 1 aromatic heterocycles. The lowest BCUT2D eigenvalue weighted by molar-refractivity contribution is 0.0500. The molecule has 0 radical (unpaired) electrons. The van der Waals surface area contributed by atoms with Gasteiger partial charge in [0.25, 0.3) is 0 Å². The van der Waals surface area contributed by atoms with Crippen LogP contribution in [-0.2, 0) is 14.2 Å². The highest BCUT2D eigenvalue weighted by molar-refractivity contribution is 6.07. The Balaban J connectivity index is 2.03. The zero-order valence-corrected chi connectivity index (χ0v) is 18.8. The van der Waals surface area contributed by atoms with Crippen molar-refractivity contribution >= 4 is 40.2 Å². The summed E-state index contributed by atoms with van der Waals surface area (Å²) in [5.74, 6) is -1.42. The maximum absolute atomic E-state index is 12.6. The molecule has 0 atom stereocenters. The van der Waals surface area contributed by atoms with Crippen LogP contribution < -0.4 is 5.32 Å². The van der Waals surface area contributed by atoms with E-state index in [9.17, 15) is 14.4 Å². The molecule has 0 aliphatic rings. The quantitative estimate of drug-likeness (QED) is 0.363. The van der Waals surface area contributed by atoms with Gasteiger partial charge in [-0.05, 0) is 62.7 Å². The highest BCUT2D eigenvalue weighted by Gasteiger charge is 2.19. The number of hydrogen-bond acceptors (Lipinski definition) is 8. The van der Waals surface area contributed by atoms with E-state index in [0.717, 1.165) is 6.42 Å². The predicted octanol–water partition coefficient (Wildman–Crippen LogP) is 4.90. The Morgan fingerprint density at radius 2 is 1.45 bits per heavy atom. The predicted molar refractivity (Wildman–Crippen MR) is 124 cm³/mol. The van der Waals surface area contributed by atoms with Crippen molar-refractivity contribution in [3.63, 3.8) is 0 Å². The molecule has 8 heteroatoms. The van der Waals surface area contributed by atoms with Crippen molar-refractivity contribution in [2.45, 2.75) is 27.2 Å². The highest BCUT2D eigenvalue weighted by atomic mass is 16.5. The van der Waals surface area contributed by atoms with Crippen molar-refractivity contribution < 1.29 is 28.6 Å². The zero-order chi connectivity index (χ0) is 23.8. The third-order valence-corrected chi connectivity index (χ3v) is 4.70. The normalized spacial score (nSPS) is 10.5. The minimum atomic E-state index is -0.546. The van der Waals surface area contributed by atoms with Gasteiger partial charge in [-0.3, -0.25) is 4.98 Å². The van der Waals surface area contributed by atoms with E-state index in [1.54, 1.807) is 56.3 Å². The fraction of sp³-hybridized carbons (Fsp3) is 0.280. The number of ether oxygens (including phenoxy) is 3. The van der Waals surface area contributed by atoms with Crippen LogP contribution >= 0.6 is 0 Å². The number of anilines is 2. The average molecular weight is 450 g/mol. The van der Waals surface area contributed by atoms with Crippen molar-refractivity contribution in [1.82, 2.24) is 4.98 Å². The summed E-state index contributed by atoms with van der Waals surface area (Å²) in [6.07, 6.45) is 2.17. The van der Waals surface area contributed by atoms with Crippen LogP contribution in [0.25, 0.3) is 10.9 Å². The fourth-order valence-corrected chi connectivity index (χ4v) is 3.14. The lowest BCUT2D eigenvalue weighted by atomic mass is 10.1. The van der Waals surface area contributed by atoms with E-state index in [4.69, 9.17) is 14.2 Å². The first-order chi connectivity index (χ1) is 16.0. The van der Waals surface area contributed by atoms with Gasteiger partial charge in [0.1, 0.15) is 5.56 Å². The van der Waals surface area contributed by atoms with Crippen LogP contribution in [0.1, 0.15) is 58.3 Å². The van der Waals surface area contributed by atoms with E-state index in [2.05, 4.69) is 10.3 Å². The Morgan fingerprint density at radius 3 is 2.12 bits per heavy atom. The minimum Gasteiger partial charge on any atom is -0.462 e. The molecule has 0 bridgehead atoms. The van der Waals surface area contributed by atoms with Crippen LogP contribution in [-0.4, -0.2) is 42.7 Å². The Bertz CT molecular complexity index is 1150. The molecule has 3 rings (SSSR count). The summed E-state index contributed by atoms with van der Waals surface area (Å²) >= 11 is 0. The third kappa shape index (κ3) is 5.65. The van der Waals surface area contributed by atoms with Crippen LogP contribution in [0.4, 0.5) is 11.4 Å². The summed E-state index contributed by atoms with van der Waals surface area (Å²) in [5, 5.41) is 3.77. The summed E-state index contributed by atoms with van der Waals surface area (Å²) in [6.45, 7) is 6.17. The number of benzene rings is 2. The number of aromatic nitrogens is 1. The monoisotopic (exact) mass is 450 g/mol. The molecule has 0 aliphatic heterocycles. The van der Waals surface area contributed by atoms with Crippen molar-refractivity contribution in [2.24, 2.45) is 0 Å². The number of hydrogen-bond donors (Lipinski definition) is 1. The molecular formula is C25H26N2O6. The lowest BCUT2D eigenvalue weighted by Crippen LogP contribution is -2.10. The molecule has 0 saturated carbocycles. The number of carbonyl (C=O) groups excluding carboxylic acids is 3. The number of nitrogens with zero attached hydrogens (tertiary/aromatic N) is 1. The minimum absolute atomic E-state index is 0.202. The van der Waals surface area contributed by atoms with Crippen molar-refractivity contribution in [1.29, 1.82) is 0 Å². The van der Waals surface area contributed by atoms with Gasteiger partial charge >= 0.3 is 17.9 Å². The van der Waals surface area contributed by atoms with Gasteiger partial charge in [-0.2, -0.15) is 0 Å². The van der Waals surface area contributed by atoms with E-state index in [-0.39, 0.29) is 18.8 Å². The van der Waals surface area contributed by atoms with Crippen LogP contribution in [0.15, 0.2) is 48.7 Å². The summed E-state index contributed by atoms with van der Waals surface area (Å²) in [5.41, 5.74) is 2.62.